The van der Waals surface area contributed by atoms with Gasteiger partial charge in [0.2, 0.25) is 0 Å². The zero-order chi connectivity index (χ0) is 18.9. The van der Waals surface area contributed by atoms with E-state index in [0.717, 1.165) is 74.1 Å². The van der Waals surface area contributed by atoms with Crippen molar-refractivity contribution in [3.63, 3.8) is 0 Å². The van der Waals surface area contributed by atoms with Crippen molar-refractivity contribution < 1.29 is 9.84 Å². The zero-order valence-electron chi connectivity index (χ0n) is 15.7. The first-order valence-electron chi connectivity index (χ1n) is 9.83. The Morgan fingerprint density at radius 1 is 1.18 bits per heavy atom. The summed E-state index contributed by atoms with van der Waals surface area (Å²) in [4.78, 5) is 16.8. The molecule has 0 bridgehead atoms. The predicted molar refractivity (Wildman–Crippen MR) is 114 cm³/mol. The molecule has 0 aromatic carbocycles. The fourth-order valence-electron chi connectivity index (χ4n) is 3.99. The largest absolute Gasteiger partial charge is 0.391 e. The van der Waals surface area contributed by atoms with Crippen LogP contribution in [-0.2, 0) is 11.3 Å². The summed E-state index contributed by atoms with van der Waals surface area (Å²) in [6.07, 6.45) is 1.57. The first-order valence-corrected chi connectivity index (χ1v) is 11.6. The fourth-order valence-corrected chi connectivity index (χ4v) is 5.76. The average Bonchev–Trinajstić information content (AvgIpc) is 3.38. The minimum atomic E-state index is -0.287. The molecular formula is C20H24N4O2S2. The first kappa shape index (κ1) is 18.4. The Bertz CT molecular complexity index is 937. The molecule has 5 rings (SSSR count). The minimum Gasteiger partial charge on any atom is -0.391 e. The summed E-state index contributed by atoms with van der Waals surface area (Å²) in [6, 6.07) is 4.24. The van der Waals surface area contributed by atoms with Gasteiger partial charge < -0.3 is 14.7 Å². The third-order valence-corrected chi connectivity index (χ3v) is 7.19. The van der Waals surface area contributed by atoms with E-state index in [0.29, 0.717) is 6.54 Å². The number of aliphatic hydroxyl groups excluding tert-OH is 1. The lowest BCUT2D eigenvalue weighted by Crippen LogP contribution is -2.39. The van der Waals surface area contributed by atoms with Crippen LogP contribution in [0.5, 0.6) is 0 Å². The summed E-state index contributed by atoms with van der Waals surface area (Å²) in [5, 5.41) is 15.7. The maximum atomic E-state index is 10.2. The predicted octanol–water partition coefficient (Wildman–Crippen LogP) is 3.21. The Hall–Kier alpha value is -1.58. The monoisotopic (exact) mass is 416 g/mol. The highest BCUT2D eigenvalue weighted by atomic mass is 32.1. The standard InChI is InChI=1S/C20H24N4O2S2/c25-14-3-1-5-24(11-14)19-18-15(16-4-2-10-27-16)13-28-20(18)22-17(21-19)12-23-6-8-26-9-7-23/h2,4,10,13-14,25H,1,3,5-9,11-12H2/t14-/m0/s1. The molecule has 8 heteroatoms. The molecular weight excluding hydrogens is 392 g/mol. The van der Waals surface area contributed by atoms with Gasteiger partial charge in [-0.05, 0) is 24.3 Å². The molecule has 2 saturated heterocycles. The van der Waals surface area contributed by atoms with Gasteiger partial charge in [0.15, 0.2) is 0 Å². The summed E-state index contributed by atoms with van der Waals surface area (Å²) >= 11 is 3.44. The lowest BCUT2D eigenvalue weighted by atomic mass is 10.1. The van der Waals surface area contributed by atoms with E-state index in [4.69, 9.17) is 14.7 Å². The number of piperidine rings is 1. The number of β-amino-alcohol motifs (C(OH)–C–C–N with tert-alkyl or cyclic N) is 1. The van der Waals surface area contributed by atoms with Gasteiger partial charge in [-0.15, -0.1) is 22.7 Å². The molecule has 2 fully saturated rings. The molecule has 3 aromatic heterocycles. The van der Waals surface area contributed by atoms with Crippen LogP contribution in [0.4, 0.5) is 5.82 Å². The molecule has 0 amide bonds. The van der Waals surface area contributed by atoms with Crippen molar-refractivity contribution >= 4 is 38.7 Å². The molecule has 1 atom stereocenters. The highest BCUT2D eigenvalue weighted by molar-refractivity contribution is 7.18. The lowest BCUT2D eigenvalue weighted by Gasteiger charge is -2.32. The number of aliphatic hydroxyl groups is 1. The van der Waals surface area contributed by atoms with Gasteiger partial charge in [0.1, 0.15) is 16.5 Å². The number of hydrogen-bond donors (Lipinski definition) is 1. The maximum absolute atomic E-state index is 10.2. The van der Waals surface area contributed by atoms with E-state index in [-0.39, 0.29) is 6.10 Å². The van der Waals surface area contributed by atoms with Gasteiger partial charge in [-0.2, -0.15) is 0 Å². The number of nitrogens with zero attached hydrogens (tertiary/aromatic N) is 4. The van der Waals surface area contributed by atoms with E-state index >= 15 is 0 Å². The number of ether oxygens (including phenoxy) is 1. The van der Waals surface area contributed by atoms with Crippen molar-refractivity contribution in [3.8, 4) is 10.4 Å². The number of anilines is 1. The van der Waals surface area contributed by atoms with Crippen molar-refractivity contribution in [2.24, 2.45) is 0 Å². The van der Waals surface area contributed by atoms with Gasteiger partial charge in [0, 0.05) is 42.0 Å². The van der Waals surface area contributed by atoms with Crippen molar-refractivity contribution in [1.82, 2.24) is 14.9 Å². The van der Waals surface area contributed by atoms with Crippen LogP contribution in [0.1, 0.15) is 18.7 Å². The Labute approximate surface area is 172 Å². The van der Waals surface area contributed by atoms with Crippen molar-refractivity contribution in [2.75, 3.05) is 44.3 Å². The normalized spacial score (nSPS) is 21.5. The van der Waals surface area contributed by atoms with Crippen LogP contribution in [0.25, 0.3) is 20.7 Å². The summed E-state index contributed by atoms with van der Waals surface area (Å²) in [7, 11) is 0. The smallest absolute Gasteiger partial charge is 0.146 e. The molecule has 0 unspecified atom stereocenters. The number of hydrogen-bond acceptors (Lipinski definition) is 8. The molecule has 28 heavy (non-hydrogen) atoms. The Kier molecular flexibility index (Phi) is 5.30. The number of rotatable bonds is 4. The SMILES string of the molecule is O[C@H]1CCCN(c2nc(CN3CCOCC3)nc3scc(-c4cccs4)c23)C1. The van der Waals surface area contributed by atoms with Crippen molar-refractivity contribution in [1.29, 1.82) is 0 Å². The molecule has 0 spiro atoms. The van der Waals surface area contributed by atoms with E-state index < -0.39 is 0 Å². The fraction of sp³-hybridized carbons (Fsp3) is 0.500. The second kappa shape index (κ2) is 8.04. The summed E-state index contributed by atoms with van der Waals surface area (Å²) in [6.45, 7) is 5.70. The van der Waals surface area contributed by atoms with Crippen LogP contribution in [0, 0.1) is 0 Å². The highest BCUT2D eigenvalue weighted by Crippen LogP contribution is 2.40. The van der Waals surface area contributed by atoms with Crippen LogP contribution in [0.15, 0.2) is 22.9 Å². The van der Waals surface area contributed by atoms with Crippen LogP contribution in [0.3, 0.4) is 0 Å². The summed E-state index contributed by atoms with van der Waals surface area (Å²) < 4.78 is 5.47. The topological polar surface area (TPSA) is 61.7 Å². The average molecular weight is 417 g/mol. The molecule has 3 aromatic rings. The summed E-state index contributed by atoms with van der Waals surface area (Å²) in [5.74, 6) is 1.85. The quantitative estimate of drug-likeness (QED) is 0.705. The highest BCUT2D eigenvalue weighted by Gasteiger charge is 2.25. The molecule has 1 N–H and O–H groups in total. The van der Waals surface area contributed by atoms with E-state index in [1.54, 1.807) is 22.7 Å². The van der Waals surface area contributed by atoms with E-state index in [1.807, 2.05) is 0 Å². The third-order valence-electron chi connectivity index (χ3n) is 5.41. The molecule has 2 aliphatic heterocycles. The number of aromatic nitrogens is 2. The molecule has 0 radical (unpaired) electrons. The van der Waals surface area contributed by atoms with Crippen LogP contribution >= 0.6 is 22.7 Å². The van der Waals surface area contributed by atoms with Crippen LogP contribution < -0.4 is 4.90 Å². The Balaban J connectivity index is 1.58. The first-order chi connectivity index (χ1) is 13.8. The van der Waals surface area contributed by atoms with E-state index in [2.05, 4.69) is 32.7 Å². The van der Waals surface area contributed by atoms with Gasteiger partial charge in [-0.1, -0.05) is 6.07 Å². The Morgan fingerprint density at radius 3 is 2.86 bits per heavy atom. The van der Waals surface area contributed by atoms with Gasteiger partial charge >= 0.3 is 0 Å². The van der Waals surface area contributed by atoms with Crippen LogP contribution in [0.2, 0.25) is 0 Å². The van der Waals surface area contributed by atoms with Gasteiger partial charge in [-0.3, -0.25) is 4.90 Å². The molecule has 148 valence electrons. The Morgan fingerprint density at radius 2 is 2.07 bits per heavy atom. The van der Waals surface area contributed by atoms with E-state index in [1.165, 1.54) is 10.4 Å². The van der Waals surface area contributed by atoms with Gasteiger partial charge in [0.25, 0.3) is 0 Å². The minimum absolute atomic E-state index is 0.287. The number of morpholine rings is 1. The molecule has 0 saturated carbocycles. The summed E-state index contributed by atoms with van der Waals surface area (Å²) in [5.41, 5.74) is 1.21. The van der Waals surface area contributed by atoms with Gasteiger partial charge in [-0.25, -0.2) is 9.97 Å². The van der Waals surface area contributed by atoms with E-state index in [9.17, 15) is 5.11 Å². The van der Waals surface area contributed by atoms with Crippen LogP contribution in [-0.4, -0.2) is 65.5 Å². The molecule has 6 nitrogen and oxygen atoms in total. The molecule has 5 heterocycles. The molecule has 2 aliphatic rings. The zero-order valence-corrected chi connectivity index (χ0v) is 17.3. The second-order valence-electron chi connectivity index (χ2n) is 7.40. The number of fused-ring (bicyclic) bond motifs is 1. The lowest BCUT2D eigenvalue weighted by molar-refractivity contribution is 0.0331. The molecule has 0 aliphatic carbocycles. The van der Waals surface area contributed by atoms with Crippen molar-refractivity contribution in [3.05, 3.63) is 28.7 Å². The van der Waals surface area contributed by atoms with Gasteiger partial charge in [0.05, 0.1) is 31.2 Å². The maximum Gasteiger partial charge on any atom is 0.146 e. The second-order valence-corrected chi connectivity index (χ2v) is 9.21. The third kappa shape index (κ3) is 3.67. The van der Waals surface area contributed by atoms with Crippen molar-refractivity contribution in [2.45, 2.75) is 25.5 Å². The number of thiophene rings is 2.